The van der Waals surface area contributed by atoms with E-state index < -0.39 is 36.0 Å². The van der Waals surface area contributed by atoms with Gasteiger partial charge in [-0.05, 0) is 35.4 Å². The van der Waals surface area contributed by atoms with E-state index in [4.69, 9.17) is 4.74 Å². The van der Waals surface area contributed by atoms with Crippen molar-refractivity contribution >= 4 is 0 Å². The number of H-pyrrole nitrogens is 1. The molecule has 38 heavy (non-hydrogen) atoms. The summed E-state index contributed by atoms with van der Waals surface area (Å²) < 4.78 is 45.9. The van der Waals surface area contributed by atoms with E-state index in [2.05, 4.69) is 32.0 Å². The van der Waals surface area contributed by atoms with E-state index in [-0.39, 0.29) is 24.2 Å². The summed E-state index contributed by atoms with van der Waals surface area (Å²) in [6.45, 7) is 3.59. The van der Waals surface area contributed by atoms with Gasteiger partial charge in [-0.3, -0.25) is 9.69 Å². The molecular formula is C28H29F3N4O3. The van der Waals surface area contributed by atoms with Crippen LogP contribution in [-0.4, -0.2) is 65.8 Å². The van der Waals surface area contributed by atoms with Gasteiger partial charge in [0.05, 0.1) is 31.8 Å². The van der Waals surface area contributed by atoms with E-state index in [1.807, 2.05) is 24.3 Å². The number of hydrogen-bond donors (Lipinski definition) is 3. The molecule has 2 heterocycles. The second-order valence-corrected chi connectivity index (χ2v) is 9.05. The Labute approximate surface area is 218 Å². The minimum Gasteiger partial charge on any atom is -0.502 e. The number of morpholine rings is 1. The molecule has 10 heteroatoms. The number of aromatic amines is 1. The van der Waals surface area contributed by atoms with Gasteiger partial charge in [-0.15, -0.1) is 0 Å². The quantitative estimate of drug-likeness (QED) is 0.372. The fraction of sp³-hybridized carbons (Fsp3) is 0.357. The minimum atomic E-state index is -2.57. The summed E-state index contributed by atoms with van der Waals surface area (Å²) in [5.41, 5.74) is 2.00. The number of nitrogens with one attached hydrogen (secondary N) is 2. The SMILES string of the molecule is O=c1[nH]cnc(C[C@@H](CNCC(F)F)c2ccc(C#Cc3ccc(CN4CCOCC4)cc3)cc2F)c1O. The smallest absolute Gasteiger partial charge is 0.293 e. The minimum absolute atomic E-state index is 0.00297. The first-order chi connectivity index (χ1) is 18.4. The fourth-order valence-electron chi connectivity index (χ4n) is 4.26. The lowest BCUT2D eigenvalue weighted by molar-refractivity contribution is 0.0342. The van der Waals surface area contributed by atoms with Gasteiger partial charge in [-0.1, -0.05) is 30.0 Å². The topological polar surface area (TPSA) is 90.5 Å². The predicted octanol–water partition coefficient (Wildman–Crippen LogP) is 3.03. The Hall–Kier alpha value is -3.65. The van der Waals surface area contributed by atoms with Crippen LogP contribution >= 0.6 is 0 Å². The highest BCUT2D eigenvalue weighted by Gasteiger charge is 2.21. The maximum absolute atomic E-state index is 15.2. The highest BCUT2D eigenvalue weighted by Crippen LogP contribution is 2.25. The van der Waals surface area contributed by atoms with E-state index >= 15 is 4.39 Å². The van der Waals surface area contributed by atoms with Gasteiger partial charge in [0.15, 0.2) is 0 Å². The molecule has 7 nitrogen and oxygen atoms in total. The molecule has 4 rings (SSSR count). The molecule has 1 fully saturated rings. The Balaban J connectivity index is 1.47. The predicted molar refractivity (Wildman–Crippen MR) is 137 cm³/mol. The van der Waals surface area contributed by atoms with Gasteiger partial charge >= 0.3 is 0 Å². The normalized spacial score (nSPS) is 14.7. The number of halogens is 3. The molecular weight excluding hydrogens is 497 g/mol. The average molecular weight is 527 g/mol. The largest absolute Gasteiger partial charge is 0.502 e. The summed E-state index contributed by atoms with van der Waals surface area (Å²) in [4.78, 5) is 20.3. The molecule has 0 amide bonds. The molecule has 0 aliphatic carbocycles. The first-order valence-electron chi connectivity index (χ1n) is 12.3. The van der Waals surface area contributed by atoms with Gasteiger partial charge in [0, 0.05) is 49.6 Å². The van der Waals surface area contributed by atoms with Gasteiger partial charge in [0.1, 0.15) is 5.82 Å². The number of benzene rings is 2. The number of nitrogens with zero attached hydrogens (tertiary/aromatic N) is 2. The van der Waals surface area contributed by atoms with Gasteiger partial charge < -0.3 is 20.1 Å². The first kappa shape index (κ1) is 27.4. The van der Waals surface area contributed by atoms with Crippen LogP contribution in [0.1, 0.15) is 33.9 Å². The zero-order chi connectivity index (χ0) is 26.9. The standard InChI is InChI=1S/C28H29F3N4O3/c29-24-13-20(4-1-19-2-5-21(6-3-19)17-35-9-11-38-12-10-35)7-8-23(24)22(15-32-16-26(30)31)14-25-27(36)28(37)34-18-33-25/h2-3,5-8,13,18,22,26,32,36H,9-12,14-17H2,(H,33,34,37)/t22-/m0/s1. The second kappa shape index (κ2) is 13.2. The monoisotopic (exact) mass is 526 g/mol. The lowest BCUT2D eigenvalue weighted by Crippen LogP contribution is -2.35. The first-order valence-corrected chi connectivity index (χ1v) is 12.3. The van der Waals surface area contributed by atoms with Crippen LogP contribution in [0, 0.1) is 17.7 Å². The van der Waals surface area contributed by atoms with Crippen LogP contribution in [-0.2, 0) is 17.7 Å². The molecule has 3 aromatic rings. The Bertz CT molecular complexity index is 1330. The molecule has 1 aliphatic rings. The van der Waals surface area contributed by atoms with Gasteiger partial charge in [0.25, 0.3) is 12.0 Å². The lowest BCUT2D eigenvalue weighted by Gasteiger charge is -2.26. The summed E-state index contributed by atoms with van der Waals surface area (Å²) in [7, 11) is 0. The number of rotatable bonds is 9. The van der Waals surface area contributed by atoms with Crippen molar-refractivity contribution in [2.45, 2.75) is 25.3 Å². The maximum Gasteiger partial charge on any atom is 0.293 e. The Kier molecular flexibility index (Phi) is 9.54. The van der Waals surface area contributed by atoms with Crippen molar-refractivity contribution < 1.29 is 23.0 Å². The van der Waals surface area contributed by atoms with Crippen LogP contribution in [0.25, 0.3) is 0 Å². The van der Waals surface area contributed by atoms with E-state index in [0.717, 1.165) is 44.7 Å². The van der Waals surface area contributed by atoms with Crippen LogP contribution < -0.4 is 10.9 Å². The molecule has 3 N–H and O–H groups in total. The van der Waals surface area contributed by atoms with Crippen molar-refractivity contribution in [2.24, 2.45) is 0 Å². The Morgan fingerprint density at radius 1 is 1.08 bits per heavy atom. The van der Waals surface area contributed by atoms with Crippen molar-refractivity contribution in [1.82, 2.24) is 20.2 Å². The number of aromatic nitrogens is 2. The summed E-state index contributed by atoms with van der Waals surface area (Å²) in [6, 6.07) is 12.4. The molecule has 1 aliphatic heterocycles. The van der Waals surface area contributed by atoms with E-state index in [0.29, 0.717) is 5.56 Å². The summed E-state index contributed by atoms with van der Waals surface area (Å²) in [5.74, 6) is 4.20. The second-order valence-electron chi connectivity index (χ2n) is 9.05. The van der Waals surface area contributed by atoms with E-state index in [1.165, 1.54) is 11.6 Å². The third kappa shape index (κ3) is 7.68. The zero-order valence-electron chi connectivity index (χ0n) is 20.7. The van der Waals surface area contributed by atoms with Crippen LogP contribution in [0.3, 0.4) is 0 Å². The molecule has 1 atom stereocenters. The zero-order valence-corrected chi connectivity index (χ0v) is 20.7. The maximum atomic E-state index is 15.2. The number of aromatic hydroxyl groups is 1. The Morgan fingerprint density at radius 2 is 1.79 bits per heavy atom. The van der Waals surface area contributed by atoms with E-state index in [1.54, 1.807) is 12.1 Å². The van der Waals surface area contributed by atoms with Crippen molar-refractivity contribution in [3.05, 3.63) is 92.9 Å². The summed E-state index contributed by atoms with van der Waals surface area (Å²) in [5, 5.41) is 12.6. The van der Waals surface area contributed by atoms with Crippen molar-refractivity contribution in [1.29, 1.82) is 0 Å². The van der Waals surface area contributed by atoms with Crippen molar-refractivity contribution in [3.63, 3.8) is 0 Å². The molecule has 1 aromatic heterocycles. The Morgan fingerprint density at radius 3 is 2.50 bits per heavy atom. The van der Waals surface area contributed by atoms with Gasteiger partial charge in [-0.2, -0.15) is 0 Å². The third-order valence-electron chi connectivity index (χ3n) is 6.29. The molecule has 0 radical (unpaired) electrons. The molecule has 0 saturated carbocycles. The highest BCUT2D eigenvalue weighted by molar-refractivity contribution is 5.45. The average Bonchev–Trinajstić information content (AvgIpc) is 2.91. The number of alkyl halides is 2. The van der Waals surface area contributed by atoms with Crippen LogP contribution in [0.15, 0.2) is 53.6 Å². The summed E-state index contributed by atoms with van der Waals surface area (Å²) >= 11 is 0. The summed E-state index contributed by atoms with van der Waals surface area (Å²) in [6.07, 6.45) is -1.46. The van der Waals surface area contributed by atoms with E-state index in [9.17, 15) is 18.7 Å². The molecule has 2 aromatic carbocycles. The van der Waals surface area contributed by atoms with Crippen LogP contribution in [0.5, 0.6) is 5.75 Å². The lowest BCUT2D eigenvalue weighted by atomic mass is 9.92. The fourth-order valence-corrected chi connectivity index (χ4v) is 4.26. The molecule has 0 spiro atoms. The van der Waals surface area contributed by atoms with Gasteiger partial charge in [-0.25, -0.2) is 18.2 Å². The number of hydrogen-bond acceptors (Lipinski definition) is 6. The third-order valence-corrected chi connectivity index (χ3v) is 6.29. The van der Waals surface area contributed by atoms with Crippen molar-refractivity contribution in [3.8, 4) is 17.6 Å². The van der Waals surface area contributed by atoms with Gasteiger partial charge in [0.2, 0.25) is 5.75 Å². The van der Waals surface area contributed by atoms with Crippen molar-refractivity contribution in [2.75, 3.05) is 39.4 Å². The number of ether oxygens (including phenoxy) is 1. The van der Waals surface area contributed by atoms with Crippen LogP contribution in [0.2, 0.25) is 0 Å². The molecule has 0 unspecified atom stereocenters. The molecule has 0 bridgehead atoms. The molecule has 200 valence electrons. The highest BCUT2D eigenvalue weighted by atomic mass is 19.3. The van der Waals surface area contributed by atoms with Crippen LogP contribution in [0.4, 0.5) is 13.2 Å². The molecule has 1 saturated heterocycles.